The van der Waals surface area contributed by atoms with Gasteiger partial charge in [-0.3, -0.25) is 33.8 Å². The van der Waals surface area contributed by atoms with Crippen LogP contribution in [0.5, 0.6) is 0 Å². The molecular formula is C46H66N10O6. The van der Waals surface area contributed by atoms with Crippen molar-refractivity contribution in [3.63, 3.8) is 0 Å². The number of rotatable bonds is 22. The maximum Gasteiger partial charge on any atom is 0.246 e. The first kappa shape index (κ1) is 47.1. The molecule has 3 aromatic rings. The highest BCUT2D eigenvalue weighted by Crippen LogP contribution is 2.41. The topological polar surface area (TPSA) is 269 Å². The highest BCUT2D eigenvalue weighted by atomic mass is 16.2. The number of carbonyl (C=O) groups is 6. The number of nitrogens with zero attached hydrogens (tertiary/aromatic N) is 1. The Morgan fingerprint density at radius 2 is 1.40 bits per heavy atom. The van der Waals surface area contributed by atoms with Crippen LogP contribution >= 0.6 is 0 Å². The summed E-state index contributed by atoms with van der Waals surface area (Å²) in [4.78, 5) is 89.2. The molecule has 0 saturated heterocycles. The molecule has 5 rings (SSSR count). The third-order valence-electron chi connectivity index (χ3n) is 12.4. The third-order valence-corrected chi connectivity index (χ3v) is 12.4. The molecule has 2 fully saturated rings. The zero-order valence-corrected chi connectivity index (χ0v) is 36.0. The molecule has 2 saturated carbocycles. The number of unbranched alkanes of at least 4 members (excludes halogenated alkanes) is 1. The number of benzene rings is 2. The number of hydrogen-bond donors (Lipinski definition) is 9. The number of amides is 6. The second-order valence-corrected chi connectivity index (χ2v) is 17.0. The first-order chi connectivity index (χ1) is 29.9. The van der Waals surface area contributed by atoms with Gasteiger partial charge in [0.1, 0.15) is 23.7 Å². The van der Waals surface area contributed by atoms with Crippen LogP contribution in [-0.2, 0) is 41.6 Å². The molecule has 0 bridgehead atoms. The molecule has 3 atom stereocenters. The zero-order chi connectivity index (χ0) is 44.5. The molecule has 0 aliphatic heterocycles. The van der Waals surface area contributed by atoms with Gasteiger partial charge in [0.25, 0.3) is 0 Å². The number of aliphatic imine (C=N–C) groups is 1. The van der Waals surface area contributed by atoms with E-state index in [-0.39, 0.29) is 44.1 Å². The fraction of sp³-hybridized carbons (Fsp3) is 0.543. The number of fused-ring (bicyclic) bond motifs is 1. The molecule has 16 heteroatoms. The van der Waals surface area contributed by atoms with Gasteiger partial charge in [-0.15, -0.1) is 0 Å². The lowest BCUT2D eigenvalue weighted by Crippen LogP contribution is -2.64. The molecule has 6 amide bonds. The Hall–Kier alpha value is -5.93. The number of hydrogen-bond acceptors (Lipinski definition) is 7. The molecule has 0 spiro atoms. The summed E-state index contributed by atoms with van der Waals surface area (Å²) in [5.41, 5.74) is 17.6. The standard InChI is InChI=1S/C46H66N10O6/c1-2-3-20-40(58)56-46(23-21-32(22-24-46)31-15-8-5-9-16-31)44(62)55-37(26-30-13-6-4-7-14-30)43(61)53-36(19-12-25-50-45(48)49)42(60)54-38(41(59)52-29-39(47)57)27-33-28-51-35-18-11-10-17-34(33)35/h4,6-7,10-11,13-14,17-18,28,31-32,36-38,51H,2-3,5,8-9,12,15-16,19-27,29H2,1H3,(H2,47,57)(H,52,59)(H,53,61)(H,54,60)(H,55,62)(H,56,58)(H4,48,49,50). The van der Waals surface area contributed by atoms with Crippen LogP contribution in [0.2, 0.25) is 0 Å². The van der Waals surface area contributed by atoms with Gasteiger partial charge in [0.15, 0.2) is 5.96 Å². The minimum Gasteiger partial charge on any atom is -0.370 e. The summed E-state index contributed by atoms with van der Waals surface area (Å²) in [6.07, 6.45) is 12.7. The molecule has 62 heavy (non-hydrogen) atoms. The fourth-order valence-corrected chi connectivity index (χ4v) is 8.99. The van der Waals surface area contributed by atoms with Crippen LogP contribution < -0.4 is 43.8 Å². The lowest BCUT2D eigenvalue weighted by atomic mass is 9.68. The quantitative estimate of drug-likeness (QED) is 0.0411. The molecule has 2 aliphatic rings. The van der Waals surface area contributed by atoms with Crippen molar-refractivity contribution in [2.45, 2.75) is 133 Å². The molecule has 1 aromatic heterocycles. The second-order valence-electron chi connectivity index (χ2n) is 17.0. The van der Waals surface area contributed by atoms with Gasteiger partial charge in [0.05, 0.1) is 6.54 Å². The SMILES string of the molecule is CCCCC(=O)NC1(C(=O)NC(Cc2ccccc2)C(=O)NC(CCCN=C(N)N)C(=O)NC(Cc2c[nH]c3ccccc23)C(=O)NCC(N)=O)CCC(C2CCCCC2)CC1. The van der Waals surface area contributed by atoms with Crippen LogP contribution in [0.25, 0.3) is 10.9 Å². The summed E-state index contributed by atoms with van der Waals surface area (Å²) < 4.78 is 0. The van der Waals surface area contributed by atoms with Crippen LogP contribution in [0.15, 0.2) is 65.8 Å². The van der Waals surface area contributed by atoms with Gasteiger partial charge in [-0.05, 0) is 74.0 Å². The maximum atomic E-state index is 14.7. The van der Waals surface area contributed by atoms with E-state index >= 15 is 0 Å². The minimum atomic E-state index is -1.20. The predicted octanol–water partition coefficient (Wildman–Crippen LogP) is 2.88. The number of H-pyrrole nitrogens is 1. The fourth-order valence-electron chi connectivity index (χ4n) is 8.99. The average Bonchev–Trinajstić information content (AvgIpc) is 3.68. The second kappa shape index (κ2) is 23.3. The van der Waals surface area contributed by atoms with Crippen LogP contribution in [0, 0.1) is 11.8 Å². The maximum absolute atomic E-state index is 14.7. The Bertz CT molecular complexity index is 2000. The van der Waals surface area contributed by atoms with Crippen LogP contribution in [0.4, 0.5) is 0 Å². The molecule has 2 aliphatic carbocycles. The van der Waals surface area contributed by atoms with Gasteiger partial charge in [-0.1, -0.05) is 94.0 Å². The Kier molecular flexibility index (Phi) is 17.7. The van der Waals surface area contributed by atoms with Crippen molar-refractivity contribution in [3.05, 3.63) is 71.9 Å². The number of carbonyl (C=O) groups excluding carboxylic acids is 6. The average molecular weight is 855 g/mol. The molecule has 16 nitrogen and oxygen atoms in total. The smallest absolute Gasteiger partial charge is 0.246 e. The molecule has 3 unspecified atom stereocenters. The van der Waals surface area contributed by atoms with E-state index in [1.54, 1.807) is 6.20 Å². The highest BCUT2D eigenvalue weighted by molar-refractivity contribution is 5.97. The van der Waals surface area contributed by atoms with E-state index < -0.39 is 59.7 Å². The third kappa shape index (κ3) is 13.8. The minimum absolute atomic E-state index is 0.0510. The molecule has 336 valence electrons. The van der Waals surface area contributed by atoms with Crippen LogP contribution in [0.3, 0.4) is 0 Å². The van der Waals surface area contributed by atoms with E-state index in [0.29, 0.717) is 37.5 Å². The number of aromatic amines is 1. The summed E-state index contributed by atoms with van der Waals surface area (Å²) >= 11 is 0. The summed E-state index contributed by atoms with van der Waals surface area (Å²) in [6, 6.07) is 13.2. The molecule has 2 aromatic carbocycles. The van der Waals surface area contributed by atoms with Gasteiger partial charge in [0, 0.05) is 42.9 Å². The van der Waals surface area contributed by atoms with Crippen molar-refractivity contribution >= 4 is 52.3 Å². The number of para-hydroxylation sites is 1. The monoisotopic (exact) mass is 855 g/mol. The van der Waals surface area contributed by atoms with E-state index in [1.165, 1.54) is 32.1 Å². The number of nitrogens with one attached hydrogen (secondary N) is 6. The molecule has 12 N–H and O–H groups in total. The van der Waals surface area contributed by atoms with Crippen molar-refractivity contribution in [3.8, 4) is 0 Å². The largest absolute Gasteiger partial charge is 0.370 e. The first-order valence-corrected chi connectivity index (χ1v) is 22.3. The van der Waals surface area contributed by atoms with Gasteiger partial charge in [-0.25, -0.2) is 0 Å². The lowest BCUT2D eigenvalue weighted by Gasteiger charge is -2.43. The van der Waals surface area contributed by atoms with Crippen molar-refractivity contribution in [1.29, 1.82) is 0 Å². The Morgan fingerprint density at radius 1 is 0.758 bits per heavy atom. The van der Waals surface area contributed by atoms with Gasteiger partial charge in [-0.2, -0.15) is 0 Å². The zero-order valence-electron chi connectivity index (χ0n) is 36.0. The van der Waals surface area contributed by atoms with E-state index in [1.807, 2.05) is 61.5 Å². The summed E-state index contributed by atoms with van der Waals surface area (Å²) in [7, 11) is 0. The Balaban J connectivity index is 1.40. The molecule has 0 radical (unpaired) electrons. The number of primary amides is 1. The first-order valence-electron chi connectivity index (χ1n) is 22.3. The number of aromatic nitrogens is 1. The van der Waals surface area contributed by atoms with Crippen molar-refractivity contribution in [1.82, 2.24) is 31.6 Å². The Morgan fingerprint density at radius 3 is 2.10 bits per heavy atom. The molecular weight excluding hydrogens is 789 g/mol. The van der Waals surface area contributed by atoms with Crippen LogP contribution in [-0.4, -0.2) is 83.1 Å². The van der Waals surface area contributed by atoms with Crippen molar-refractivity contribution in [2.24, 2.45) is 34.0 Å². The van der Waals surface area contributed by atoms with Crippen LogP contribution in [0.1, 0.15) is 108 Å². The molecule has 1 heterocycles. The van der Waals surface area contributed by atoms with E-state index in [9.17, 15) is 28.8 Å². The summed E-state index contributed by atoms with van der Waals surface area (Å²) in [5, 5.41) is 15.2. The summed E-state index contributed by atoms with van der Waals surface area (Å²) in [6.45, 7) is 1.72. The Labute approximate surface area is 364 Å². The van der Waals surface area contributed by atoms with E-state index in [0.717, 1.165) is 41.3 Å². The normalized spacial score (nSPS) is 19.3. The predicted molar refractivity (Wildman–Crippen MR) is 239 cm³/mol. The van der Waals surface area contributed by atoms with Crippen molar-refractivity contribution < 1.29 is 28.8 Å². The lowest BCUT2D eigenvalue weighted by molar-refractivity contribution is -0.138. The van der Waals surface area contributed by atoms with Gasteiger partial charge in [0.2, 0.25) is 35.4 Å². The number of guanidine groups is 1. The van der Waals surface area contributed by atoms with E-state index in [2.05, 4.69) is 36.6 Å². The van der Waals surface area contributed by atoms with Crippen molar-refractivity contribution in [2.75, 3.05) is 13.1 Å². The highest BCUT2D eigenvalue weighted by Gasteiger charge is 2.45. The number of nitrogens with two attached hydrogens (primary N) is 3. The summed E-state index contributed by atoms with van der Waals surface area (Å²) in [5.74, 6) is -2.37. The van der Waals surface area contributed by atoms with Gasteiger partial charge < -0.3 is 48.8 Å². The van der Waals surface area contributed by atoms with E-state index in [4.69, 9.17) is 17.2 Å². The van der Waals surface area contributed by atoms with Gasteiger partial charge >= 0.3 is 0 Å².